The molecule has 0 radical (unpaired) electrons. The molecule has 0 spiro atoms. The average molecular weight is 315 g/mol. The molecule has 2 bridgehead atoms. The highest BCUT2D eigenvalue weighted by atomic mass is 16.5. The SMILES string of the molecule is O=C(O)c1cccc(N2C(=O)[C@H]3[C@@H]4C=C[C@](CO)(O4)[C@H]3C2=O)c1. The van der Waals surface area contributed by atoms with Crippen LogP contribution in [0, 0.1) is 11.8 Å². The first kappa shape index (κ1) is 14.1. The van der Waals surface area contributed by atoms with Gasteiger partial charge in [-0.3, -0.25) is 9.59 Å². The number of benzene rings is 1. The largest absolute Gasteiger partial charge is 0.478 e. The third kappa shape index (κ3) is 1.68. The molecule has 7 nitrogen and oxygen atoms in total. The molecule has 0 aromatic heterocycles. The van der Waals surface area contributed by atoms with E-state index in [1.54, 1.807) is 12.2 Å². The lowest BCUT2D eigenvalue weighted by atomic mass is 9.77. The number of carboxylic acids is 1. The van der Waals surface area contributed by atoms with Gasteiger partial charge in [0.05, 0.1) is 35.8 Å². The molecule has 118 valence electrons. The van der Waals surface area contributed by atoms with Gasteiger partial charge in [-0.2, -0.15) is 0 Å². The van der Waals surface area contributed by atoms with Crippen molar-refractivity contribution < 1.29 is 29.3 Å². The molecular weight excluding hydrogens is 302 g/mol. The first-order valence-corrected chi connectivity index (χ1v) is 7.18. The van der Waals surface area contributed by atoms with Gasteiger partial charge in [0.1, 0.15) is 5.60 Å². The van der Waals surface area contributed by atoms with Crippen LogP contribution in [0.2, 0.25) is 0 Å². The second kappa shape index (κ2) is 4.50. The molecule has 0 aliphatic carbocycles. The summed E-state index contributed by atoms with van der Waals surface area (Å²) in [6.07, 6.45) is 2.80. The van der Waals surface area contributed by atoms with E-state index in [0.717, 1.165) is 4.90 Å². The van der Waals surface area contributed by atoms with Gasteiger partial charge in [-0.05, 0) is 18.2 Å². The minimum Gasteiger partial charge on any atom is -0.478 e. The molecule has 1 aromatic rings. The highest BCUT2D eigenvalue weighted by Gasteiger charge is 2.67. The van der Waals surface area contributed by atoms with E-state index < -0.39 is 41.3 Å². The molecule has 2 fully saturated rings. The number of aromatic carboxylic acids is 1. The summed E-state index contributed by atoms with van der Waals surface area (Å²) in [6, 6.07) is 5.69. The van der Waals surface area contributed by atoms with Crippen LogP contribution >= 0.6 is 0 Å². The number of aliphatic hydroxyl groups is 1. The van der Waals surface area contributed by atoms with Gasteiger partial charge >= 0.3 is 5.97 Å². The summed E-state index contributed by atoms with van der Waals surface area (Å²) < 4.78 is 5.64. The minimum atomic E-state index is -1.15. The number of rotatable bonds is 3. The molecular formula is C16H13NO6. The maximum absolute atomic E-state index is 12.8. The van der Waals surface area contributed by atoms with E-state index in [4.69, 9.17) is 9.84 Å². The smallest absolute Gasteiger partial charge is 0.335 e. The highest BCUT2D eigenvalue weighted by Crippen LogP contribution is 2.52. The second-order valence-corrected chi connectivity index (χ2v) is 5.93. The topological polar surface area (TPSA) is 104 Å². The van der Waals surface area contributed by atoms with Gasteiger partial charge < -0.3 is 14.9 Å². The zero-order valence-corrected chi connectivity index (χ0v) is 11.9. The Morgan fingerprint density at radius 2 is 2.09 bits per heavy atom. The molecule has 1 aromatic carbocycles. The molecule has 0 saturated carbocycles. The Balaban J connectivity index is 1.76. The van der Waals surface area contributed by atoms with Gasteiger partial charge in [0.15, 0.2) is 0 Å². The lowest BCUT2D eigenvalue weighted by Crippen LogP contribution is -2.43. The van der Waals surface area contributed by atoms with Crippen molar-refractivity contribution in [2.45, 2.75) is 11.7 Å². The fraction of sp³-hybridized carbons (Fsp3) is 0.312. The average Bonchev–Trinajstić information content (AvgIpc) is 3.18. The number of imide groups is 1. The summed E-state index contributed by atoms with van der Waals surface area (Å²) in [6.45, 7) is -0.386. The molecule has 0 unspecified atom stereocenters. The molecule has 2 N–H and O–H groups in total. The number of aliphatic hydroxyl groups excluding tert-OH is 1. The number of hydrogen-bond acceptors (Lipinski definition) is 5. The molecule has 23 heavy (non-hydrogen) atoms. The number of carboxylic acid groups (broad SMARTS) is 1. The Kier molecular flexibility index (Phi) is 2.76. The van der Waals surface area contributed by atoms with E-state index in [-0.39, 0.29) is 17.9 Å². The lowest BCUT2D eigenvalue weighted by Gasteiger charge is -2.26. The van der Waals surface area contributed by atoms with Crippen LogP contribution in [0.25, 0.3) is 0 Å². The molecule has 2 saturated heterocycles. The normalized spacial score (nSPS) is 34.3. The van der Waals surface area contributed by atoms with E-state index in [2.05, 4.69) is 0 Å². The number of fused-ring (bicyclic) bond motifs is 5. The van der Waals surface area contributed by atoms with Crippen molar-refractivity contribution in [3.63, 3.8) is 0 Å². The Hall–Kier alpha value is -2.51. The Bertz CT molecular complexity index is 772. The van der Waals surface area contributed by atoms with E-state index >= 15 is 0 Å². The van der Waals surface area contributed by atoms with Crippen LogP contribution in [0.5, 0.6) is 0 Å². The summed E-state index contributed by atoms with van der Waals surface area (Å²) in [7, 11) is 0. The number of anilines is 1. The van der Waals surface area contributed by atoms with Gasteiger partial charge in [0.2, 0.25) is 11.8 Å². The van der Waals surface area contributed by atoms with E-state index in [1.807, 2.05) is 0 Å². The van der Waals surface area contributed by atoms with E-state index in [9.17, 15) is 19.5 Å². The van der Waals surface area contributed by atoms with Crippen molar-refractivity contribution in [3.05, 3.63) is 42.0 Å². The van der Waals surface area contributed by atoms with E-state index in [0.29, 0.717) is 0 Å². The van der Waals surface area contributed by atoms with Gasteiger partial charge in [0.25, 0.3) is 0 Å². The third-order valence-corrected chi connectivity index (χ3v) is 4.75. The van der Waals surface area contributed by atoms with Gasteiger partial charge in [-0.15, -0.1) is 0 Å². The standard InChI is InChI=1S/C16H13NO6/c18-7-16-5-4-10(23-16)11-12(16)14(20)17(13(11)19)9-3-1-2-8(6-9)15(21)22/h1-6,10-12,18H,7H2,(H,21,22)/t10-,11-,12+,16+/m0/s1. The monoisotopic (exact) mass is 315 g/mol. The van der Waals surface area contributed by atoms with Crippen LogP contribution in [0.4, 0.5) is 5.69 Å². The van der Waals surface area contributed by atoms with Crippen molar-refractivity contribution in [3.8, 4) is 0 Å². The number of hydrogen-bond donors (Lipinski definition) is 2. The molecule has 2 amide bonds. The van der Waals surface area contributed by atoms with Crippen molar-refractivity contribution in [1.82, 2.24) is 0 Å². The van der Waals surface area contributed by atoms with Crippen LogP contribution in [-0.4, -0.2) is 46.3 Å². The van der Waals surface area contributed by atoms with Crippen LogP contribution < -0.4 is 4.90 Å². The maximum Gasteiger partial charge on any atom is 0.335 e. The molecule has 3 aliphatic rings. The van der Waals surface area contributed by atoms with Crippen LogP contribution in [0.1, 0.15) is 10.4 Å². The van der Waals surface area contributed by atoms with Gasteiger partial charge in [0, 0.05) is 0 Å². The zero-order valence-electron chi connectivity index (χ0n) is 11.9. The molecule has 4 rings (SSSR count). The predicted octanol–water partition coefficient (Wildman–Crippen LogP) is 0.190. The van der Waals surface area contributed by atoms with Crippen LogP contribution in [0.15, 0.2) is 36.4 Å². The van der Waals surface area contributed by atoms with Gasteiger partial charge in [-0.1, -0.05) is 18.2 Å². The first-order valence-electron chi connectivity index (χ1n) is 7.18. The predicted molar refractivity (Wildman–Crippen MR) is 76.7 cm³/mol. The molecule has 3 heterocycles. The number of ether oxygens (including phenoxy) is 1. The summed E-state index contributed by atoms with van der Waals surface area (Å²) >= 11 is 0. The summed E-state index contributed by atoms with van der Waals surface area (Å²) in [4.78, 5) is 37.6. The lowest BCUT2D eigenvalue weighted by molar-refractivity contribution is -0.128. The molecule has 7 heteroatoms. The Morgan fingerprint density at radius 1 is 1.30 bits per heavy atom. The second-order valence-electron chi connectivity index (χ2n) is 5.93. The highest BCUT2D eigenvalue weighted by molar-refractivity contribution is 6.23. The number of amides is 2. The summed E-state index contributed by atoms with van der Waals surface area (Å²) in [5, 5.41) is 18.7. The fourth-order valence-electron chi connectivity index (χ4n) is 3.72. The molecule has 4 atom stereocenters. The van der Waals surface area contributed by atoms with Crippen molar-refractivity contribution >= 4 is 23.5 Å². The first-order chi connectivity index (χ1) is 11.0. The van der Waals surface area contributed by atoms with Crippen molar-refractivity contribution in [1.29, 1.82) is 0 Å². The summed E-state index contributed by atoms with van der Waals surface area (Å²) in [5.74, 6) is -3.48. The summed E-state index contributed by atoms with van der Waals surface area (Å²) in [5.41, 5.74) is -0.933. The van der Waals surface area contributed by atoms with Crippen molar-refractivity contribution in [2.75, 3.05) is 11.5 Å². The minimum absolute atomic E-state index is 0.00521. The Labute approximate surface area is 130 Å². The zero-order chi connectivity index (χ0) is 16.4. The van der Waals surface area contributed by atoms with E-state index in [1.165, 1.54) is 24.3 Å². The number of carbonyl (C=O) groups excluding carboxylic acids is 2. The fourth-order valence-corrected chi connectivity index (χ4v) is 3.72. The maximum atomic E-state index is 12.8. The quantitative estimate of drug-likeness (QED) is 0.609. The third-order valence-electron chi connectivity index (χ3n) is 4.75. The van der Waals surface area contributed by atoms with Crippen LogP contribution in [-0.2, 0) is 14.3 Å². The Morgan fingerprint density at radius 3 is 2.78 bits per heavy atom. The number of nitrogens with zero attached hydrogens (tertiary/aromatic N) is 1. The van der Waals surface area contributed by atoms with Crippen LogP contribution in [0.3, 0.4) is 0 Å². The van der Waals surface area contributed by atoms with Gasteiger partial charge in [-0.25, -0.2) is 9.69 Å². The van der Waals surface area contributed by atoms with Crippen molar-refractivity contribution in [2.24, 2.45) is 11.8 Å². The number of carbonyl (C=O) groups is 3. The molecule has 3 aliphatic heterocycles.